The van der Waals surface area contributed by atoms with Crippen molar-refractivity contribution in [3.63, 3.8) is 0 Å². The first-order chi connectivity index (χ1) is 14.4. The standard InChI is InChI=1S/C23H20ClN3O3/c1-14-25-13-20(21(26-14)15-3-4-15)23(29)30-19-11-9-18(10-12-19)27(2)22(28)16-5-7-17(24)8-6-16/h5-13,15H,3-4H2,1-2H3. The number of anilines is 1. The van der Waals surface area contributed by atoms with Crippen molar-refractivity contribution in [3.8, 4) is 5.75 Å². The molecule has 1 saturated carbocycles. The average Bonchev–Trinajstić information content (AvgIpc) is 3.59. The van der Waals surface area contributed by atoms with Gasteiger partial charge in [-0.2, -0.15) is 0 Å². The molecule has 2 aromatic carbocycles. The summed E-state index contributed by atoms with van der Waals surface area (Å²) in [6, 6.07) is 13.5. The molecule has 1 aliphatic carbocycles. The van der Waals surface area contributed by atoms with Crippen molar-refractivity contribution in [1.82, 2.24) is 9.97 Å². The van der Waals surface area contributed by atoms with Crippen LogP contribution in [-0.4, -0.2) is 28.9 Å². The van der Waals surface area contributed by atoms with E-state index in [1.807, 2.05) is 6.92 Å². The molecule has 0 radical (unpaired) electrons. The van der Waals surface area contributed by atoms with E-state index in [1.54, 1.807) is 55.6 Å². The number of amides is 1. The van der Waals surface area contributed by atoms with Crippen LogP contribution in [0.5, 0.6) is 5.75 Å². The van der Waals surface area contributed by atoms with E-state index < -0.39 is 5.97 Å². The Labute approximate surface area is 179 Å². The summed E-state index contributed by atoms with van der Waals surface area (Å²) >= 11 is 5.88. The van der Waals surface area contributed by atoms with Crippen LogP contribution in [0.15, 0.2) is 54.7 Å². The number of carbonyl (C=O) groups excluding carboxylic acids is 2. The van der Waals surface area contributed by atoms with Gasteiger partial charge in [0.1, 0.15) is 17.1 Å². The maximum absolute atomic E-state index is 12.6. The summed E-state index contributed by atoms with van der Waals surface area (Å²) in [6.45, 7) is 1.81. The number of ether oxygens (including phenoxy) is 1. The molecule has 0 spiro atoms. The zero-order chi connectivity index (χ0) is 21.3. The molecule has 0 bridgehead atoms. The van der Waals surface area contributed by atoms with E-state index in [0.717, 1.165) is 18.5 Å². The van der Waals surface area contributed by atoms with E-state index in [1.165, 1.54) is 11.1 Å². The lowest BCUT2D eigenvalue weighted by Crippen LogP contribution is -2.26. The molecule has 0 saturated heterocycles. The topological polar surface area (TPSA) is 72.4 Å². The van der Waals surface area contributed by atoms with Crippen LogP contribution in [0.25, 0.3) is 0 Å². The maximum Gasteiger partial charge on any atom is 0.346 e. The molecular formula is C23H20ClN3O3. The normalized spacial score (nSPS) is 13.0. The van der Waals surface area contributed by atoms with Crippen LogP contribution in [0.1, 0.15) is 51.0 Å². The zero-order valence-electron chi connectivity index (χ0n) is 16.6. The Kier molecular flexibility index (Phi) is 5.50. The van der Waals surface area contributed by atoms with Gasteiger partial charge in [0.05, 0.1) is 5.69 Å². The molecule has 0 N–H and O–H groups in total. The quantitative estimate of drug-likeness (QED) is 0.436. The SMILES string of the molecule is Cc1ncc(C(=O)Oc2ccc(N(C)C(=O)c3ccc(Cl)cc3)cc2)c(C2CC2)n1. The average molecular weight is 422 g/mol. The van der Waals surface area contributed by atoms with Gasteiger partial charge in [0.25, 0.3) is 5.91 Å². The van der Waals surface area contributed by atoms with Crippen molar-refractivity contribution in [3.05, 3.63) is 82.4 Å². The van der Waals surface area contributed by atoms with Crippen molar-refractivity contribution in [1.29, 1.82) is 0 Å². The van der Waals surface area contributed by atoms with Crippen molar-refractivity contribution in [2.24, 2.45) is 0 Å². The second kappa shape index (κ2) is 8.24. The van der Waals surface area contributed by atoms with E-state index >= 15 is 0 Å². The molecule has 1 aromatic heterocycles. The molecule has 6 nitrogen and oxygen atoms in total. The van der Waals surface area contributed by atoms with Crippen LogP contribution in [-0.2, 0) is 0 Å². The summed E-state index contributed by atoms with van der Waals surface area (Å²) in [6.07, 6.45) is 3.59. The number of rotatable bonds is 5. The van der Waals surface area contributed by atoms with Crippen LogP contribution in [0, 0.1) is 6.92 Å². The molecule has 3 aromatic rings. The number of hydrogen-bond acceptors (Lipinski definition) is 5. The number of aromatic nitrogens is 2. The van der Waals surface area contributed by atoms with E-state index in [9.17, 15) is 9.59 Å². The zero-order valence-corrected chi connectivity index (χ0v) is 17.4. The fraction of sp³-hybridized carbons (Fsp3) is 0.217. The van der Waals surface area contributed by atoms with Crippen LogP contribution < -0.4 is 9.64 Å². The minimum atomic E-state index is -0.477. The Morgan fingerprint density at radius 3 is 2.37 bits per heavy atom. The van der Waals surface area contributed by atoms with E-state index in [0.29, 0.717) is 39.3 Å². The van der Waals surface area contributed by atoms with Crippen molar-refractivity contribution in [2.75, 3.05) is 11.9 Å². The maximum atomic E-state index is 12.6. The lowest BCUT2D eigenvalue weighted by molar-refractivity contribution is 0.0732. The van der Waals surface area contributed by atoms with E-state index in [2.05, 4.69) is 9.97 Å². The predicted molar refractivity (Wildman–Crippen MR) is 114 cm³/mol. The lowest BCUT2D eigenvalue weighted by Gasteiger charge is -2.18. The second-order valence-corrected chi connectivity index (χ2v) is 7.68. The highest BCUT2D eigenvalue weighted by atomic mass is 35.5. The fourth-order valence-corrected chi connectivity index (χ4v) is 3.24. The molecule has 30 heavy (non-hydrogen) atoms. The molecular weight excluding hydrogens is 402 g/mol. The lowest BCUT2D eigenvalue weighted by atomic mass is 10.1. The number of benzene rings is 2. The van der Waals surface area contributed by atoms with Gasteiger partial charge in [-0.1, -0.05) is 11.6 Å². The van der Waals surface area contributed by atoms with Gasteiger partial charge in [-0.15, -0.1) is 0 Å². The van der Waals surface area contributed by atoms with E-state index in [-0.39, 0.29) is 5.91 Å². The molecule has 1 fully saturated rings. The fourth-order valence-electron chi connectivity index (χ4n) is 3.12. The van der Waals surface area contributed by atoms with Crippen LogP contribution >= 0.6 is 11.6 Å². The third kappa shape index (κ3) is 4.33. The second-order valence-electron chi connectivity index (χ2n) is 7.24. The summed E-state index contributed by atoms with van der Waals surface area (Å²) in [5, 5.41) is 0.573. The number of carbonyl (C=O) groups is 2. The van der Waals surface area contributed by atoms with Crippen LogP contribution in [0.2, 0.25) is 5.02 Å². The molecule has 0 unspecified atom stereocenters. The summed E-state index contributed by atoms with van der Waals surface area (Å²) in [7, 11) is 1.68. The third-order valence-corrected chi connectivity index (χ3v) is 5.21. The summed E-state index contributed by atoms with van der Waals surface area (Å²) in [4.78, 5) is 35.3. The molecule has 0 aliphatic heterocycles. The Morgan fingerprint density at radius 1 is 1.07 bits per heavy atom. The molecule has 1 heterocycles. The van der Waals surface area contributed by atoms with Crippen molar-refractivity contribution in [2.45, 2.75) is 25.7 Å². The highest BCUT2D eigenvalue weighted by Gasteiger charge is 2.31. The third-order valence-electron chi connectivity index (χ3n) is 4.95. The van der Waals surface area contributed by atoms with Gasteiger partial charge in [0.2, 0.25) is 0 Å². The van der Waals surface area contributed by atoms with Crippen molar-refractivity contribution >= 4 is 29.2 Å². The van der Waals surface area contributed by atoms with Gasteiger partial charge in [-0.25, -0.2) is 14.8 Å². The minimum absolute atomic E-state index is 0.165. The first-order valence-corrected chi connectivity index (χ1v) is 9.99. The van der Waals surface area contributed by atoms with E-state index in [4.69, 9.17) is 16.3 Å². The Morgan fingerprint density at radius 2 is 1.73 bits per heavy atom. The summed E-state index contributed by atoms with van der Waals surface area (Å²) in [5.41, 5.74) is 2.37. The Balaban J connectivity index is 1.47. The molecule has 152 valence electrons. The number of hydrogen-bond donors (Lipinski definition) is 0. The minimum Gasteiger partial charge on any atom is -0.423 e. The van der Waals surface area contributed by atoms with Gasteiger partial charge in [0, 0.05) is 35.4 Å². The van der Waals surface area contributed by atoms with Crippen LogP contribution in [0.4, 0.5) is 5.69 Å². The molecule has 1 aliphatic rings. The monoisotopic (exact) mass is 421 g/mol. The highest BCUT2D eigenvalue weighted by Crippen LogP contribution is 2.40. The number of aryl methyl sites for hydroxylation is 1. The highest BCUT2D eigenvalue weighted by molar-refractivity contribution is 6.30. The largest absolute Gasteiger partial charge is 0.423 e. The van der Waals surface area contributed by atoms with Gasteiger partial charge < -0.3 is 9.64 Å². The first-order valence-electron chi connectivity index (χ1n) is 9.62. The van der Waals surface area contributed by atoms with Gasteiger partial charge >= 0.3 is 5.97 Å². The number of nitrogens with zero attached hydrogens (tertiary/aromatic N) is 3. The molecule has 1 amide bonds. The first kappa shape index (κ1) is 20.0. The van der Waals surface area contributed by atoms with Gasteiger partial charge in [-0.3, -0.25) is 4.79 Å². The number of esters is 1. The Bertz CT molecular complexity index is 1090. The van der Waals surface area contributed by atoms with Gasteiger partial charge in [-0.05, 0) is 68.3 Å². The van der Waals surface area contributed by atoms with Crippen LogP contribution in [0.3, 0.4) is 0 Å². The predicted octanol–water partition coefficient (Wildman–Crippen LogP) is 4.81. The summed E-state index contributed by atoms with van der Waals surface area (Å²) < 4.78 is 5.51. The Hall–Kier alpha value is -3.25. The summed E-state index contributed by atoms with van der Waals surface area (Å²) in [5.74, 6) is 0.700. The van der Waals surface area contributed by atoms with Crippen molar-refractivity contribution < 1.29 is 14.3 Å². The smallest absolute Gasteiger partial charge is 0.346 e. The molecule has 0 atom stereocenters. The number of halogens is 1. The molecule has 7 heteroatoms. The van der Waals surface area contributed by atoms with Gasteiger partial charge in [0.15, 0.2) is 0 Å². The molecule has 4 rings (SSSR count).